The Morgan fingerprint density at radius 1 is 1.17 bits per heavy atom. The van der Waals surface area contributed by atoms with E-state index in [0.717, 1.165) is 42.8 Å². The molecule has 2 aromatic rings. The largest absolute Gasteiger partial charge is 0.351 e. The Labute approximate surface area is 144 Å². The Morgan fingerprint density at radius 3 is 2.79 bits per heavy atom. The standard InChI is InChI=1S/C20H27N3O/c1-16-10-14-23(15-11-16)13-5-4-12-21-20(24)19-9-8-17-6-2-3-7-18(17)22-19/h2-3,6-9,16H,4-5,10-15H2,1H3,(H,21,24). The van der Waals surface area contributed by atoms with Crippen molar-refractivity contribution in [2.75, 3.05) is 26.2 Å². The first-order valence-corrected chi connectivity index (χ1v) is 9.09. The highest BCUT2D eigenvalue weighted by Crippen LogP contribution is 2.16. The zero-order valence-corrected chi connectivity index (χ0v) is 14.5. The molecule has 0 atom stereocenters. The minimum absolute atomic E-state index is 0.0763. The number of benzene rings is 1. The number of nitrogens with zero attached hydrogens (tertiary/aromatic N) is 2. The minimum Gasteiger partial charge on any atom is -0.351 e. The van der Waals surface area contributed by atoms with Crippen molar-refractivity contribution in [3.05, 3.63) is 42.1 Å². The zero-order chi connectivity index (χ0) is 16.8. The van der Waals surface area contributed by atoms with Gasteiger partial charge in [0, 0.05) is 11.9 Å². The van der Waals surface area contributed by atoms with Crippen LogP contribution in [0.15, 0.2) is 36.4 Å². The Balaban J connectivity index is 1.39. The maximum Gasteiger partial charge on any atom is 0.269 e. The molecule has 1 saturated heterocycles. The molecular formula is C20H27N3O. The van der Waals surface area contributed by atoms with Crippen molar-refractivity contribution in [1.29, 1.82) is 0 Å². The smallest absolute Gasteiger partial charge is 0.269 e. The van der Waals surface area contributed by atoms with E-state index >= 15 is 0 Å². The van der Waals surface area contributed by atoms with Crippen LogP contribution in [0.4, 0.5) is 0 Å². The van der Waals surface area contributed by atoms with Gasteiger partial charge in [-0.2, -0.15) is 0 Å². The number of likely N-dealkylation sites (tertiary alicyclic amines) is 1. The van der Waals surface area contributed by atoms with Crippen molar-refractivity contribution in [2.45, 2.75) is 32.6 Å². The summed E-state index contributed by atoms with van der Waals surface area (Å²) in [5.41, 5.74) is 1.36. The first-order chi connectivity index (χ1) is 11.7. The number of para-hydroxylation sites is 1. The van der Waals surface area contributed by atoms with Gasteiger partial charge in [-0.1, -0.05) is 31.2 Å². The lowest BCUT2D eigenvalue weighted by Gasteiger charge is -2.30. The van der Waals surface area contributed by atoms with Crippen LogP contribution in [0, 0.1) is 5.92 Å². The predicted octanol–water partition coefficient (Wildman–Crippen LogP) is 3.48. The summed E-state index contributed by atoms with van der Waals surface area (Å²) in [5, 5.41) is 4.05. The second-order valence-corrected chi connectivity index (χ2v) is 6.88. The summed E-state index contributed by atoms with van der Waals surface area (Å²) in [7, 11) is 0. The topological polar surface area (TPSA) is 45.2 Å². The Hall–Kier alpha value is -1.94. The van der Waals surface area contributed by atoms with E-state index in [1.165, 1.54) is 25.9 Å². The van der Waals surface area contributed by atoms with Gasteiger partial charge in [0.2, 0.25) is 0 Å². The molecule has 0 aliphatic carbocycles. The molecule has 1 aromatic carbocycles. The fourth-order valence-corrected chi connectivity index (χ4v) is 3.23. The van der Waals surface area contributed by atoms with Crippen LogP contribution in [-0.2, 0) is 0 Å². The molecule has 3 rings (SSSR count). The summed E-state index contributed by atoms with van der Waals surface area (Å²) in [5.74, 6) is 0.808. The molecule has 0 spiro atoms. The third-order valence-electron chi connectivity index (χ3n) is 4.89. The van der Waals surface area contributed by atoms with E-state index in [1.54, 1.807) is 6.07 Å². The average Bonchev–Trinajstić information content (AvgIpc) is 2.62. The van der Waals surface area contributed by atoms with Crippen LogP contribution in [0.3, 0.4) is 0 Å². The van der Waals surface area contributed by atoms with Crippen LogP contribution < -0.4 is 5.32 Å². The van der Waals surface area contributed by atoms with Crippen molar-refractivity contribution in [3.8, 4) is 0 Å². The van der Waals surface area contributed by atoms with Crippen LogP contribution in [0.2, 0.25) is 0 Å². The highest BCUT2D eigenvalue weighted by atomic mass is 16.1. The van der Waals surface area contributed by atoms with E-state index in [0.29, 0.717) is 5.69 Å². The maximum absolute atomic E-state index is 12.2. The number of pyridine rings is 1. The summed E-state index contributed by atoms with van der Waals surface area (Å²) in [4.78, 5) is 19.2. The molecule has 0 saturated carbocycles. The Kier molecular flexibility index (Phi) is 5.81. The van der Waals surface area contributed by atoms with E-state index in [2.05, 4.69) is 22.1 Å². The van der Waals surface area contributed by atoms with E-state index in [9.17, 15) is 4.79 Å². The Morgan fingerprint density at radius 2 is 1.96 bits per heavy atom. The SMILES string of the molecule is CC1CCN(CCCCNC(=O)c2ccc3ccccc3n2)CC1. The highest BCUT2D eigenvalue weighted by molar-refractivity contribution is 5.94. The van der Waals surface area contributed by atoms with Crippen molar-refractivity contribution in [1.82, 2.24) is 15.2 Å². The van der Waals surface area contributed by atoms with Crippen LogP contribution >= 0.6 is 0 Å². The van der Waals surface area contributed by atoms with Crippen molar-refractivity contribution in [2.24, 2.45) is 5.92 Å². The van der Waals surface area contributed by atoms with Crippen molar-refractivity contribution < 1.29 is 4.79 Å². The summed E-state index contributed by atoms with van der Waals surface area (Å²) in [6.45, 7) is 6.67. The molecule has 1 amide bonds. The number of unbranched alkanes of at least 4 members (excludes halogenated alkanes) is 1. The molecule has 128 valence electrons. The number of hydrogen-bond acceptors (Lipinski definition) is 3. The number of aromatic nitrogens is 1. The predicted molar refractivity (Wildman–Crippen MR) is 98.1 cm³/mol. The number of nitrogens with one attached hydrogen (secondary N) is 1. The molecule has 24 heavy (non-hydrogen) atoms. The van der Waals surface area contributed by atoms with E-state index in [1.807, 2.05) is 30.3 Å². The number of fused-ring (bicyclic) bond motifs is 1. The van der Waals surface area contributed by atoms with Crippen LogP contribution in [0.5, 0.6) is 0 Å². The molecule has 1 N–H and O–H groups in total. The molecule has 1 fully saturated rings. The summed E-state index contributed by atoms with van der Waals surface area (Å²) < 4.78 is 0. The van der Waals surface area contributed by atoms with Gasteiger partial charge in [0.05, 0.1) is 5.52 Å². The lowest BCUT2D eigenvalue weighted by atomic mass is 9.99. The van der Waals surface area contributed by atoms with Crippen LogP contribution in [-0.4, -0.2) is 42.0 Å². The molecule has 1 aliphatic rings. The van der Waals surface area contributed by atoms with Crippen LogP contribution in [0.1, 0.15) is 43.1 Å². The lowest BCUT2D eigenvalue weighted by molar-refractivity contribution is 0.0947. The molecule has 0 unspecified atom stereocenters. The molecule has 0 radical (unpaired) electrons. The summed E-state index contributed by atoms with van der Waals surface area (Å²) in [6.07, 6.45) is 4.81. The zero-order valence-electron chi connectivity index (χ0n) is 14.5. The first-order valence-electron chi connectivity index (χ1n) is 9.09. The molecule has 4 heteroatoms. The first kappa shape index (κ1) is 16.9. The molecule has 1 aliphatic heterocycles. The molecule has 4 nitrogen and oxygen atoms in total. The quantitative estimate of drug-likeness (QED) is 0.827. The summed E-state index contributed by atoms with van der Waals surface area (Å²) >= 11 is 0. The van der Waals surface area contributed by atoms with Gasteiger partial charge in [-0.05, 0) is 63.4 Å². The number of piperidine rings is 1. The second kappa shape index (κ2) is 8.25. The lowest BCUT2D eigenvalue weighted by Crippen LogP contribution is -2.34. The van der Waals surface area contributed by atoms with E-state index < -0.39 is 0 Å². The van der Waals surface area contributed by atoms with Gasteiger partial charge in [0.15, 0.2) is 0 Å². The number of carbonyl (C=O) groups is 1. The van der Waals surface area contributed by atoms with E-state index in [-0.39, 0.29) is 5.91 Å². The fraction of sp³-hybridized carbons (Fsp3) is 0.500. The maximum atomic E-state index is 12.2. The van der Waals surface area contributed by atoms with Gasteiger partial charge in [0.1, 0.15) is 5.69 Å². The minimum atomic E-state index is -0.0763. The van der Waals surface area contributed by atoms with Crippen LogP contribution in [0.25, 0.3) is 10.9 Å². The van der Waals surface area contributed by atoms with Gasteiger partial charge in [-0.25, -0.2) is 4.98 Å². The van der Waals surface area contributed by atoms with Gasteiger partial charge < -0.3 is 10.2 Å². The fourth-order valence-electron chi connectivity index (χ4n) is 3.23. The van der Waals surface area contributed by atoms with Gasteiger partial charge >= 0.3 is 0 Å². The average molecular weight is 325 g/mol. The third-order valence-corrected chi connectivity index (χ3v) is 4.89. The monoisotopic (exact) mass is 325 g/mol. The van der Waals surface area contributed by atoms with Crippen molar-refractivity contribution >= 4 is 16.8 Å². The number of hydrogen-bond donors (Lipinski definition) is 1. The Bertz CT molecular complexity index is 677. The number of carbonyl (C=O) groups excluding carboxylic acids is 1. The molecular weight excluding hydrogens is 298 g/mol. The van der Waals surface area contributed by atoms with Gasteiger partial charge in [-0.15, -0.1) is 0 Å². The third kappa shape index (κ3) is 4.54. The molecule has 2 heterocycles. The van der Waals surface area contributed by atoms with E-state index in [4.69, 9.17) is 0 Å². The van der Waals surface area contributed by atoms with Gasteiger partial charge in [-0.3, -0.25) is 4.79 Å². The second-order valence-electron chi connectivity index (χ2n) is 6.88. The normalized spacial score (nSPS) is 16.4. The van der Waals surface area contributed by atoms with Crippen molar-refractivity contribution in [3.63, 3.8) is 0 Å². The highest BCUT2D eigenvalue weighted by Gasteiger charge is 2.14. The molecule has 0 bridgehead atoms. The number of rotatable bonds is 6. The van der Waals surface area contributed by atoms with Gasteiger partial charge in [0.25, 0.3) is 5.91 Å². The number of amides is 1. The molecule has 1 aromatic heterocycles. The summed E-state index contributed by atoms with van der Waals surface area (Å²) in [6, 6.07) is 11.6.